The SMILES string of the molecule is CI(I)c1ccc(F)cc1. The Labute approximate surface area is 76.8 Å². The van der Waals surface area contributed by atoms with Crippen molar-refractivity contribution in [2.24, 2.45) is 0 Å². The van der Waals surface area contributed by atoms with Crippen molar-refractivity contribution in [2.75, 3.05) is 4.93 Å². The van der Waals surface area contributed by atoms with Crippen LogP contribution in [0.5, 0.6) is 0 Å². The Hall–Kier alpha value is 0.610. The van der Waals surface area contributed by atoms with Gasteiger partial charge in [0.25, 0.3) is 0 Å². The summed E-state index contributed by atoms with van der Waals surface area (Å²) in [7, 11) is 0. The molecule has 0 aliphatic heterocycles. The van der Waals surface area contributed by atoms with E-state index in [1.807, 2.05) is 12.1 Å². The van der Waals surface area contributed by atoms with Gasteiger partial charge >= 0.3 is 77.4 Å². The summed E-state index contributed by atoms with van der Waals surface area (Å²) in [6.07, 6.45) is 0. The molecule has 1 aromatic rings. The van der Waals surface area contributed by atoms with Gasteiger partial charge in [0.05, 0.1) is 0 Å². The molecule has 56 valence electrons. The van der Waals surface area contributed by atoms with E-state index in [9.17, 15) is 4.39 Å². The van der Waals surface area contributed by atoms with Crippen LogP contribution in [0.25, 0.3) is 0 Å². The molecule has 0 nitrogen and oxygen atoms in total. The van der Waals surface area contributed by atoms with Gasteiger partial charge in [-0.2, -0.15) is 0 Å². The van der Waals surface area contributed by atoms with E-state index < -0.39 is 15.8 Å². The Kier molecular flexibility index (Phi) is 3.35. The second kappa shape index (κ2) is 3.85. The molecule has 1 aromatic carbocycles. The molecule has 0 saturated carbocycles. The zero-order valence-electron chi connectivity index (χ0n) is 5.44. The minimum absolute atomic E-state index is 0.141. The average molecular weight is 364 g/mol. The first-order chi connectivity index (χ1) is 4.70. The third-order valence-electron chi connectivity index (χ3n) is 1.10. The molecule has 1 rings (SSSR count). The first kappa shape index (κ1) is 8.70. The van der Waals surface area contributed by atoms with Crippen LogP contribution in [0.2, 0.25) is 0 Å². The normalized spacial score (nSPS) is 11.3. The molecule has 0 spiro atoms. The first-order valence-corrected chi connectivity index (χ1v) is 12.2. The molecule has 0 saturated heterocycles. The Morgan fingerprint density at radius 1 is 1.30 bits per heavy atom. The van der Waals surface area contributed by atoms with Crippen LogP contribution >= 0.6 is 34.5 Å². The number of rotatable bonds is 1. The fourth-order valence-electron chi connectivity index (χ4n) is 0.603. The quantitative estimate of drug-likeness (QED) is 0.529. The van der Waals surface area contributed by atoms with Crippen LogP contribution in [0, 0.1) is 9.39 Å². The van der Waals surface area contributed by atoms with Gasteiger partial charge in [-0.25, -0.2) is 0 Å². The van der Waals surface area contributed by atoms with Gasteiger partial charge in [-0.3, -0.25) is 0 Å². The van der Waals surface area contributed by atoms with Crippen molar-refractivity contribution in [3.63, 3.8) is 0 Å². The van der Waals surface area contributed by atoms with Crippen molar-refractivity contribution in [1.82, 2.24) is 0 Å². The summed E-state index contributed by atoms with van der Waals surface area (Å²) in [5.74, 6) is -0.141. The van der Waals surface area contributed by atoms with Crippen molar-refractivity contribution < 1.29 is 4.39 Å². The predicted molar refractivity (Wildman–Crippen MR) is 59.1 cm³/mol. The second-order valence-electron chi connectivity index (χ2n) is 1.84. The molecule has 0 radical (unpaired) electrons. The molecule has 0 unspecified atom stereocenters. The molecule has 0 fully saturated rings. The fraction of sp³-hybridized carbons (Fsp3) is 0.143. The van der Waals surface area contributed by atoms with Crippen LogP contribution in [0.15, 0.2) is 24.3 Å². The first-order valence-electron chi connectivity index (χ1n) is 2.72. The average Bonchev–Trinajstić information content (AvgIpc) is 1.88. The Morgan fingerprint density at radius 2 is 1.80 bits per heavy atom. The molecular weight excluding hydrogens is 357 g/mol. The maximum atomic E-state index is 12.4. The Morgan fingerprint density at radius 3 is 2.20 bits per heavy atom. The summed E-state index contributed by atoms with van der Waals surface area (Å²) in [6, 6.07) is 6.82. The number of benzene rings is 1. The molecule has 0 aromatic heterocycles. The summed E-state index contributed by atoms with van der Waals surface area (Å²) >= 11 is 1.55. The van der Waals surface area contributed by atoms with Crippen molar-refractivity contribution in [2.45, 2.75) is 0 Å². The van der Waals surface area contributed by atoms with E-state index in [2.05, 4.69) is 23.5 Å². The molecule has 3 heteroatoms. The van der Waals surface area contributed by atoms with Gasteiger partial charge in [0.1, 0.15) is 0 Å². The molecule has 0 bridgehead atoms. The van der Waals surface area contributed by atoms with Crippen LogP contribution < -0.4 is 0 Å². The summed E-state index contributed by atoms with van der Waals surface area (Å²) in [6.45, 7) is 0. The van der Waals surface area contributed by atoms with Crippen molar-refractivity contribution in [3.8, 4) is 0 Å². The zero-order valence-corrected chi connectivity index (χ0v) is 9.76. The van der Waals surface area contributed by atoms with Gasteiger partial charge in [-0.15, -0.1) is 0 Å². The van der Waals surface area contributed by atoms with Crippen molar-refractivity contribution >= 4 is 34.5 Å². The summed E-state index contributed by atoms with van der Waals surface area (Å²) < 4.78 is 13.7. The van der Waals surface area contributed by atoms with Crippen LogP contribution in [-0.2, 0) is 0 Å². The van der Waals surface area contributed by atoms with E-state index in [0.717, 1.165) is 0 Å². The van der Waals surface area contributed by atoms with Crippen LogP contribution in [0.3, 0.4) is 0 Å². The number of hydrogen-bond donors (Lipinski definition) is 0. The van der Waals surface area contributed by atoms with Gasteiger partial charge in [-0.1, -0.05) is 0 Å². The van der Waals surface area contributed by atoms with Gasteiger partial charge in [0.2, 0.25) is 0 Å². The molecular formula is C7H7FI2. The van der Waals surface area contributed by atoms with Crippen LogP contribution in [-0.4, -0.2) is 4.93 Å². The van der Waals surface area contributed by atoms with E-state index in [1.165, 1.54) is 15.7 Å². The topological polar surface area (TPSA) is 0 Å². The molecule has 0 aliphatic rings. The Balaban J connectivity index is 2.89. The van der Waals surface area contributed by atoms with E-state index in [1.54, 1.807) is 0 Å². The van der Waals surface area contributed by atoms with E-state index in [4.69, 9.17) is 0 Å². The molecule has 0 atom stereocenters. The monoisotopic (exact) mass is 364 g/mol. The fourth-order valence-corrected chi connectivity index (χ4v) is 3.78. The summed E-state index contributed by atoms with van der Waals surface area (Å²) in [5, 5.41) is 0. The van der Waals surface area contributed by atoms with Crippen molar-refractivity contribution in [1.29, 1.82) is 0 Å². The standard InChI is InChI=1S/C7H7FI2/c1-10(9)7-4-2-6(8)3-5-7/h2-5H,1H3. The van der Waals surface area contributed by atoms with Gasteiger partial charge in [0.15, 0.2) is 0 Å². The van der Waals surface area contributed by atoms with E-state index in [-0.39, 0.29) is 5.82 Å². The number of halogens is 3. The third-order valence-corrected chi connectivity index (χ3v) is 6.70. The van der Waals surface area contributed by atoms with Crippen LogP contribution in [0.1, 0.15) is 0 Å². The summed E-state index contributed by atoms with van der Waals surface area (Å²) in [4.78, 5) is 2.23. The second-order valence-corrected chi connectivity index (χ2v) is 13.6. The summed E-state index contributed by atoms with van der Waals surface area (Å²) in [5.41, 5.74) is 0. The predicted octanol–water partition coefficient (Wildman–Crippen LogP) is 3.48. The van der Waals surface area contributed by atoms with E-state index >= 15 is 0 Å². The van der Waals surface area contributed by atoms with Gasteiger partial charge in [0, 0.05) is 0 Å². The third kappa shape index (κ3) is 2.34. The molecule has 0 heterocycles. The number of alkyl halides is 1. The molecule has 0 amide bonds. The van der Waals surface area contributed by atoms with E-state index in [0.29, 0.717) is 0 Å². The van der Waals surface area contributed by atoms with Gasteiger partial charge in [-0.05, 0) is 0 Å². The van der Waals surface area contributed by atoms with Crippen LogP contribution in [0.4, 0.5) is 4.39 Å². The Bertz CT molecular complexity index is 205. The minimum atomic E-state index is -0.900. The van der Waals surface area contributed by atoms with Crippen molar-refractivity contribution in [3.05, 3.63) is 33.7 Å². The maximum absolute atomic E-state index is 12.4. The zero-order chi connectivity index (χ0) is 7.56. The van der Waals surface area contributed by atoms with Gasteiger partial charge < -0.3 is 0 Å². The molecule has 10 heavy (non-hydrogen) atoms. The number of hydrogen-bond acceptors (Lipinski definition) is 0. The molecule has 0 N–H and O–H groups in total. The molecule has 0 aliphatic carbocycles.